The molecule has 5 nitrogen and oxygen atoms in total. The zero-order chi connectivity index (χ0) is 22.9. The molecule has 0 spiro atoms. The van der Waals surface area contributed by atoms with Gasteiger partial charge in [-0.15, -0.1) is 0 Å². The topological polar surface area (TPSA) is 55.2 Å². The van der Waals surface area contributed by atoms with E-state index in [1.165, 1.54) is 22.9 Å². The summed E-state index contributed by atoms with van der Waals surface area (Å²) in [7, 11) is 0. The van der Waals surface area contributed by atoms with Gasteiger partial charge in [-0.05, 0) is 49.9 Å². The molecule has 4 rings (SSSR count). The number of carbonyl (C=O) groups excluding carboxylic acids is 1. The summed E-state index contributed by atoms with van der Waals surface area (Å²) in [6, 6.07) is 15.6. The lowest BCUT2D eigenvalue weighted by Gasteiger charge is -2.24. The molecule has 2 heterocycles. The SMILES string of the molecule is Cc1cc(=O)c(C(=O)N2CCCC2Cc2ccccc2)nn1-c1cccc(C(F)(F)F)c1. The highest BCUT2D eigenvalue weighted by molar-refractivity contribution is 5.92. The third kappa shape index (κ3) is 4.44. The Hall–Kier alpha value is -3.42. The van der Waals surface area contributed by atoms with Crippen LogP contribution in [0.15, 0.2) is 65.5 Å². The van der Waals surface area contributed by atoms with Crippen LogP contribution in [0.4, 0.5) is 13.2 Å². The Morgan fingerprint density at radius 1 is 1.09 bits per heavy atom. The lowest BCUT2D eigenvalue weighted by atomic mass is 10.0. The largest absolute Gasteiger partial charge is 0.416 e. The van der Waals surface area contributed by atoms with Crippen LogP contribution in [0.25, 0.3) is 5.69 Å². The molecule has 0 bridgehead atoms. The van der Waals surface area contributed by atoms with Gasteiger partial charge in [-0.3, -0.25) is 9.59 Å². The Balaban J connectivity index is 1.67. The lowest BCUT2D eigenvalue weighted by Crippen LogP contribution is -2.40. The van der Waals surface area contributed by atoms with E-state index in [1.54, 1.807) is 11.8 Å². The predicted octanol–water partition coefficient (Wildman–Crippen LogP) is 4.41. The molecule has 0 radical (unpaired) electrons. The summed E-state index contributed by atoms with van der Waals surface area (Å²) in [5.41, 5.74) is -0.0866. The van der Waals surface area contributed by atoms with Crippen LogP contribution in [-0.2, 0) is 12.6 Å². The predicted molar refractivity (Wildman–Crippen MR) is 114 cm³/mol. The molecule has 8 heteroatoms. The van der Waals surface area contributed by atoms with E-state index < -0.39 is 23.1 Å². The number of aryl methyl sites for hydroxylation is 1. The summed E-state index contributed by atoms with van der Waals surface area (Å²) in [5.74, 6) is -0.492. The Bertz CT molecular complexity index is 1190. The van der Waals surface area contributed by atoms with Crippen molar-refractivity contribution in [1.29, 1.82) is 0 Å². The fourth-order valence-corrected chi connectivity index (χ4v) is 4.11. The average Bonchev–Trinajstić information content (AvgIpc) is 3.22. The van der Waals surface area contributed by atoms with Crippen molar-refractivity contribution in [2.24, 2.45) is 0 Å². The highest BCUT2D eigenvalue weighted by atomic mass is 19.4. The smallest absolute Gasteiger partial charge is 0.334 e. The molecule has 1 saturated heterocycles. The van der Waals surface area contributed by atoms with Crippen LogP contribution in [0.5, 0.6) is 0 Å². The number of halogens is 3. The van der Waals surface area contributed by atoms with Gasteiger partial charge in [0.25, 0.3) is 5.91 Å². The van der Waals surface area contributed by atoms with Crippen molar-refractivity contribution in [2.45, 2.75) is 38.4 Å². The van der Waals surface area contributed by atoms with Crippen molar-refractivity contribution in [1.82, 2.24) is 14.7 Å². The van der Waals surface area contributed by atoms with Crippen LogP contribution in [0.2, 0.25) is 0 Å². The van der Waals surface area contributed by atoms with Crippen LogP contribution in [0, 0.1) is 6.92 Å². The minimum Gasteiger partial charge on any atom is -0.334 e. The molecule has 1 aliphatic rings. The second kappa shape index (κ2) is 8.61. The number of likely N-dealkylation sites (tertiary alicyclic amines) is 1. The maximum absolute atomic E-state index is 13.3. The molecule has 0 saturated carbocycles. The molecule has 0 aliphatic carbocycles. The van der Waals surface area contributed by atoms with Crippen LogP contribution in [0.3, 0.4) is 0 Å². The summed E-state index contributed by atoms with van der Waals surface area (Å²) < 4.78 is 40.6. The standard InChI is InChI=1S/C24H22F3N3O2/c1-16-13-21(31)22(28-30(16)20-10-5-9-18(15-20)24(25,26)27)23(32)29-12-6-11-19(29)14-17-7-3-2-4-8-17/h2-5,7-10,13,15,19H,6,11-12,14H2,1H3. The first-order chi connectivity index (χ1) is 15.2. The first kappa shape index (κ1) is 21.8. The first-order valence-electron chi connectivity index (χ1n) is 10.4. The Morgan fingerprint density at radius 3 is 2.56 bits per heavy atom. The molecular formula is C24H22F3N3O2. The summed E-state index contributed by atoms with van der Waals surface area (Å²) in [5, 5.41) is 4.20. The third-order valence-corrected chi connectivity index (χ3v) is 5.68. The van der Waals surface area contributed by atoms with Crippen molar-refractivity contribution < 1.29 is 18.0 Å². The van der Waals surface area contributed by atoms with Gasteiger partial charge in [-0.1, -0.05) is 36.4 Å². The molecule has 1 aliphatic heterocycles. The van der Waals surface area contributed by atoms with Gasteiger partial charge in [0.2, 0.25) is 5.43 Å². The summed E-state index contributed by atoms with van der Waals surface area (Å²) in [6.45, 7) is 2.08. The number of hydrogen-bond donors (Lipinski definition) is 0. The highest BCUT2D eigenvalue weighted by Crippen LogP contribution is 2.30. The molecule has 2 aromatic carbocycles. The van der Waals surface area contributed by atoms with E-state index in [4.69, 9.17) is 0 Å². The Kier molecular flexibility index (Phi) is 5.86. The normalized spacial score (nSPS) is 16.4. The van der Waals surface area contributed by atoms with E-state index in [-0.39, 0.29) is 17.4 Å². The number of benzene rings is 2. The van der Waals surface area contributed by atoms with Crippen molar-refractivity contribution in [3.05, 3.63) is 93.4 Å². The maximum Gasteiger partial charge on any atom is 0.416 e. The van der Waals surface area contributed by atoms with Crippen molar-refractivity contribution in [3.8, 4) is 5.69 Å². The van der Waals surface area contributed by atoms with E-state index in [0.717, 1.165) is 30.5 Å². The quantitative estimate of drug-likeness (QED) is 0.603. The molecule has 1 fully saturated rings. The summed E-state index contributed by atoms with van der Waals surface area (Å²) in [6.07, 6.45) is -2.21. The molecule has 3 aromatic rings. The van der Waals surface area contributed by atoms with Gasteiger partial charge in [-0.25, -0.2) is 4.68 Å². The minimum absolute atomic E-state index is 0.0607. The van der Waals surface area contributed by atoms with Crippen LogP contribution < -0.4 is 5.43 Å². The average molecular weight is 441 g/mol. The van der Waals surface area contributed by atoms with Gasteiger partial charge in [0.05, 0.1) is 11.3 Å². The monoisotopic (exact) mass is 441 g/mol. The van der Waals surface area contributed by atoms with Crippen molar-refractivity contribution in [2.75, 3.05) is 6.54 Å². The first-order valence-corrected chi connectivity index (χ1v) is 10.4. The summed E-state index contributed by atoms with van der Waals surface area (Å²) >= 11 is 0. The molecule has 1 amide bonds. The van der Waals surface area contributed by atoms with Gasteiger partial charge in [0.1, 0.15) is 0 Å². The van der Waals surface area contributed by atoms with Gasteiger partial charge < -0.3 is 4.90 Å². The van der Waals surface area contributed by atoms with Crippen molar-refractivity contribution in [3.63, 3.8) is 0 Å². The maximum atomic E-state index is 13.3. The zero-order valence-corrected chi connectivity index (χ0v) is 17.5. The minimum atomic E-state index is -4.51. The summed E-state index contributed by atoms with van der Waals surface area (Å²) in [4.78, 5) is 27.5. The van der Waals surface area contributed by atoms with Gasteiger partial charge in [-0.2, -0.15) is 18.3 Å². The van der Waals surface area contributed by atoms with E-state index in [9.17, 15) is 22.8 Å². The molecular weight excluding hydrogens is 419 g/mol. The Morgan fingerprint density at radius 2 is 1.84 bits per heavy atom. The highest BCUT2D eigenvalue weighted by Gasteiger charge is 2.33. The van der Waals surface area contributed by atoms with Gasteiger partial charge in [0, 0.05) is 24.3 Å². The molecule has 1 unspecified atom stereocenters. The lowest BCUT2D eigenvalue weighted by molar-refractivity contribution is -0.137. The third-order valence-electron chi connectivity index (χ3n) is 5.68. The van der Waals surface area contributed by atoms with E-state index >= 15 is 0 Å². The fourth-order valence-electron chi connectivity index (χ4n) is 4.11. The number of alkyl halides is 3. The number of amides is 1. The van der Waals surface area contributed by atoms with Crippen LogP contribution >= 0.6 is 0 Å². The van der Waals surface area contributed by atoms with E-state index in [1.807, 2.05) is 30.3 Å². The number of hydrogen-bond acceptors (Lipinski definition) is 3. The van der Waals surface area contributed by atoms with E-state index in [0.29, 0.717) is 18.7 Å². The van der Waals surface area contributed by atoms with Crippen LogP contribution in [-0.4, -0.2) is 33.2 Å². The number of carbonyl (C=O) groups is 1. The van der Waals surface area contributed by atoms with Crippen molar-refractivity contribution >= 4 is 5.91 Å². The van der Waals surface area contributed by atoms with Crippen LogP contribution in [0.1, 0.15) is 40.2 Å². The molecule has 1 aromatic heterocycles. The number of aromatic nitrogens is 2. The molecule has 1 atom stereocenters. The number of nitrogens with zero attached hydrogens (tertiary/aromatic N) is 3. The molecule has 32 heavy (non-hydrogen) atoms. The Labute approximate surface area is 183 Å². The second-order valence-corrected chi connectivity index (χ2v) is 7.94. The van der Waals surface area contributed by atoms with Gasteiger partial charge in [0.15, 0.2) is 5.69 Å². The van der Waals surface area contributed by atoms with Gasteiger partial charge >= 0.3 is 6.18 Å². The zero-order valence-electron chi connectivity index (χ0n) is 17.5. The fraction of sp³-hybridized carbons (Fsp3) is 0.292. The molecule has 0 N–H and O–H groups in total. The molecule has 166 valence electrons. The number of rotatable bonds is 4. The van der Waals surface area contributed by atoms with E-state index in [2.05, 4.69) is 5.10 Å². The second-order valence-electron chi connectivity index (χ2n) is 7.94.